The summed E-state index contributed by atoms with van der Waals surface area (Å²) in [6.07, 6.45) is 0. The fourth-order valence-electron chi connectivity index (χ4n) is 1.43. The maximum absolute atomic E-state index is 9.71. The fourth-order valence-corrected chi connectivity index (χ4v) is 2.44. The number of phenolic OH excluding ortho intramolecular Hbond substituents is 1. The molecule has 72 valence electrons. The van der Waals surface area contributed by atoms with Crippen molar-refractivity contribution in [1.29, 1.82) is 0 Å². The number of hydrogen-bond acceptors (Lipinski definition) is 3. The summed E-state index contributed by atoms with van der Waals surface area (Å²) in [5.41, 5.74) is 8.34. The second-order valence-electron chi connectivity index (χ2n) is 3.17. The molecule has 3 heteroatoms. The van der Waals surface area contributed by atoms with Crippen molar-refractivity contribution in [3.05, 3.63) is 35.2 Å². The number of nitrogen functional groups attached to an aromatic ring is 1. The van der Waals surface area contributed by atoms with Crippen molar-refractivity contribution in [3.8, 4) is 16.2 Å². The van der Waals surface area contributed by atoms with Gasteiger partial charge in [0.05, 0.1) is 5.56 Å². The van der Waals surface area contributed by atoms with Gasteiger partial charge in [-0.3, -0.25) is 0 Å². The normalized spacial score (nSPS) is 10.4. The quantitative estimate of drug-likeness (QED) is 0.703. The minimum absolute atomic E-state index is 0.246. The predicted molar refractivity (Wildman–Crippen MR) is 60.6 cm³/mol. The van der Waals surface area contributed by atoms with Crippen molar-refractivity contribution >= 4 is 17.0 Å². The van der Waals surface area contributed by atoms with E-state index >= 15 is 0 Å². The molecule has 0 unspecified atom stereocenters. The first kappa shape index (κ1) is 9.09. The second-order valence-corrected chi connectivity index (χ2v) is 4.09. The van der Waals surface area contributed by atoms with E-state index in [1.807, 2.05) is 18.4 Å². The Morgan fingerprint density at radius 3 is 2.64 bits per heavy atom. The third-order valence-corrected chi connectivity index (χ3v) is 3.20. The van der Waals surface area contributed by atoms with Crippen LogP contribution in [0.2, 0.25) is 0 Å². The summed E-state index contributed by atoms with van der Waals surface area (Å²) < 4.78 is 0. The van der Waals surface area contributed by atoms with Crippen LogP contribution in [0, 0.1) is 6.92 Å². The lowest BCUT2D eigenvalue weighted by Crippen LogP contribution is -1.89. The van der Waals surface area contributed by atoms with Crippen LogP contribution >= 0.6 is 11.3 Å². The molecule has 0 aliphatic heterocycles. The van der Waals surface area contributed by atoms with Gasteiger partial charge >= 0.3 is 0 Å². The summed E-state index contributed by atoms with van der Waals surface area (Å²) in [6.45, 7) is 2.01. The minimum atomic E-state index is 0.246. The van der Waals surface area contributed by atoms with Gasteiger partial charge in [0.1, 0.15) is 5.75 Å². The molecule has 3 N–H and O–H groups in total. The first-order valence-electron chi connectivity index (χ1n) is 4.32. The zero-order chi connectivity index (χ0) is 10.1. The van der Waals surface area contributed by atoms with Gasteiger partial charge < -0.3 is 10.8 Å². The molecule has 1 aromatic carbocycles. The Balaban J connectivity index is 2.68. The van der Waals surface area contributed by atoms with Gasteiger partial charge in [0.25, 0.3) is 0 Å². The summed E-state index contributed by atoms with van der Waals surface area (Å²) in [7, 11) is 0. The van der Waals surface area contributed by atoms with Crippen molar-refractivity contribution in [3.63, 3.8) is 0 Å². The van der Waals surface area contributed by atoms with Gasteiger partial charge in [0.2, 0.25) is 0 Å². The molecule has 0 atom stereocenters. The van der Waals surface area contributed by atoms with Crippen LogP contribution in [-0.2, 0) is 0 Å². The van der Waals surface area contributed by atoms with Crippen LogP contribution in [0.25, 0.3) is 10.4 Å². The van der Waals surface area contributed by atoms with Crippen LogP contribution in [0.1, 0.15) is 5.56 Å². The zero-order valence-corrected chi connectivity index (χ0v) is 8.64. The number of nitrogens with two attached hydrogens (primary N) is 1. The van der Waals surface area contributed by atoms with Crippen molar-refractivity contribution in [2.24, 2.45) is 0 Å². The molecule has 0 saturated heterocycles. The zero-order valence-electron chi connectivity index (χ0n) is 7.82. The molecule has 0 amide bonds. The Morgan fingerprint density at radius 2 is 2.07 bits per heavy atom. The number of thiophene rings is 1. The molecule has 14 heavy (non-hydrogen) atoms. The highest BCUT2D eigenvalue weighted by Gasteiger charge is 2.11. The molecule has 2 rings (SSSR count). The van der Waals surface area contributed by atoms with Gasteiger partial charge in [-0.2, -0.15) is 0 Å². The summed E-state index contributed by atoms with van der Waals surface area (Å²) in [4.78, 5) is 1.04. The topological polar surface area (TPSA) is 46.2 Å². The Kier molecular flexibility index (Phi) is 2.17. The molecule has 0 aliphatic rings. The van der Waals surface area contributed by atoms with Crippen LogP contribution < -0.4 is 5.73 Å². The highest BCUT2D eigenvalue weighted by atomic mass is 32.1. The number of hydrogen-bond donors (Lipinski definition) is 2. The molecule has 2 nitrogen and oxygen atoms in total. The molecule has 0 fully saturated rings. The van der Waals surface area contributed by atoms with Gasteiger partial charge in [0, 0.05) is 10.6 Å². The Labute approximate surface area is 86.6 Å². The van der Waals surface area contributed by atoms with E-state index in [0.717, 1.165) is 16.0 Å². The van der Waals surface area contributed by atoms with E-state index in [1.54, 1.807) is 29.5 Å². The average molecular weight is 205 g/mol. The second kappa shape index (κ2) is 3.35. The molecule has 0 aliphatic carbocycles. The van der Waals surface area contributed by atoms with E-state index < -0.39 is 0 Å². The van der Waals surface area contributed by atoms with Gasteiger partial charge in [-0.1, -0.05) is 6.07 Å². The number of phenols is 1. The highest BCUT2D eigenvalue weighted by molar-refractivity contribution is 7.13. The van der Waals surface area contributed by atoms with E-state index in [-0.39, 0.29) is 5.75 Å². The van der Waals surface area contributed by atoms with Crippen LogP contribution in [0.5, 0.6) is 5.75 Å². The fraction of sp³-hybridized carbons (Fsp3) is 0.0909. The summed E-state index contributed by atoms with van der Waals surface area (Å²) >= 11 is 1.59. The van der Waals surface area contributed by atoms with Gasteiger partial charge in [0.15, 0.2) is 0 Å². The standard InChI is InChI=1S/C11H11NOS/c1-7-5-6-14-11(7)10-8(12)3-2-4-9(10)13/h2-6,13H,12H2,1H3. The van der Waals surface area contributed by atoms with E-state index in [9.17, 15) is 5.11 Å². The first-order chi connectivity index (χ1) is 6.70. The SMILES string of the molecule is Cc1ccsc1-c1c(N)cccc1O. The number of aromatic hydroxyl groups is 1. The van der Waals surface area contributed by atoms with Crippen LogP contribution in [0.3, 0.4) is 0 Å². The van der Waals surface area contributed by atoms with Crippen molar-refractivity contribution in [1.82, 2.24) is 0 Å². The maximum atomic E-state index is 9.71. The number of aryl methyl sites for hydroxylation is 1. The van der Waals surface area contributed by atoms with Crippen LogP contribution in [0.15, 0.2) is 29.6 Å². The Hall–Kier alpha value is -1.48. The smallest absolute Gasteiger partial charge is 0.126 e. The van der Waals surface area contributed by atoms with Gasteiger partial charge in [-0.25, -0.2) is 0 Å². The average Bonchev–Trinajstić information content (AvgIpc) is 2.52. The molecular weight excluding hydrogens is 194 g/mol. The molecule has 0 saturated carbocycles. The molecule has 0 radical (unpaired) electrons. The maximum Gasteiger partial charge on any atom is 0.126 e. The summed E-state index contributed by atoms with van der Waals surface area (Å²) in [5.74, 6) is 0.246. The van der Waals surface area contributed by atoms with Gasteiger partial charge in [-0.15, -0.1) is 11.3 Å². The minimum Gasteiger partial charge on any atom is -0.507 e. The number of anilines is 1. The van der Waals surface area contributed by atoms with Crippen molar-refractivity contribution < 1.29 is 5.11 Å². The third kappa shape index (κ3) is 1.36. The monoisotopic (exact) mass is 205 g/mol. The summed E-state index contributed by atoms with van der Waals surface area (Å²) in [6, 6.07) is 7.22. The van der Waals surface area contributed by atoms with Crippen molar-refractivity contribution in [2.75, 3.05) is 5.73 Å². The third-order valence-electron chi connectivity index (χ3n) is 2.16. The molecule has 0 bridgehead atoms. The molecular formula is C11H11NOS. The van der Waals surface area contributed by atoms with Gasteiger partial charge in [-0.05, 0) is 36.1 Å². The van der Waals surface area contributed by atoms with Crippen molar-refractivity contribution in [2.45, 2.75) is 6.92 Å². The van der Waals surface area contributed by atoms with Crippen LogP contribution in [0.4, 0.5) is 5.69 Å². The predicted octanol–water partition coefficient (Wildman–Crippen LogP) is 3.01. The number of benzene rings is 1. The van der Waals surface area contributed by atoms with E-state index in [1.165, 1.54) is 0 Å². The largest absolute Gasteiger partial charge is 0.507 e. The Bertz CT molecular complexity index is 442. The molecule has 1 aromatic heterocycles. The molecule has 2 aromatic rings. The Morgan fingerprint density at radius 1 is 1.29 bits per heavy atom. The van der Waals surface area contributed by atoms with E-state index in [2.05, 4.69) is 0 Å². The van der Waals surface area contributed by atoms with Crippen LogP contribution in [-0.4, -0.2) is 5.11 Å². The van der Waals surface area contributed by atoms with E-state index in [0.29, 0.717) is 5.69 Å². The van der Waals surface area contributed by atoms with E-state index in [4.69, 9.17) is 5.73 Å². The first-order valence-corrected chi connectivity index (χ1v) is 5.20. The lowest BCUT2D eigenvalue weighted by Gasteiger charge is -2.06. The lowest BCUT2D eigenvalue weighted by atomic mass is 10.1. The molecule has 1 heterocycles. The number of rotatable bonds is 1. The lowest BCUT2D eigenvalue weighted by molar-refractivity contribution is 0.478. The highest BCUT2D eigenvalue weighted by Crippen LogP contribution is 2.39. The summed E-state index contributed by atoms with van der Waals surface area (Å²) in [5, 5.41) is 11.7. The molecule has 0 spiro atoms.